The molecule has 2 rings (SSSR count). The van der Waals surface area contributed by atoms with Gasteiger partial charge < -0.3 is 19.5 Å². The number of amides is 1. The van der Waals surface area contributed by atoms with Crippen molar-refractivity contribution >= 4 is 11.9 Å². The topological polar surface area (TPSA) is 73.9 Å². The SMILES string of the molecule is COc1cc(CCNC(=O)COC(=O)c2cccc(F)c2)ccc1OC(F)F. The van der Waals surface area contributed by atoms with E-state index in [1.807, 2.05) is 0 Å². The minimum atomic E-state index is -2.96. The van der Waals surface area contributed by atoms with Crippen LogP contribution in [0.3, 0.4) is 0 Å². The van der Waals surface area contributed by atoms with Gasteiger partial charge in [0, 0.05) is 6.54 Å². The van der Waals surface area contributed by atoms with E-state index in [1.54, 1.807) is 6.07 Å². The number of nitrogens with one attached hydrogen (secondary N) is 1. The molecule has 150 valence electrons. The zero-order chi connectivity index (χ0) is 20.5. The third-order valence-electron chi connectivity index (χ3n) is 3.57. The Morgan fingerprint density at radius 2 is 1.89 bits per heavy atom. The molecule has 0 atom stereocenters. The predicted molar refractivity (Wildman–Crippen MR) is 93.0 cm³/mol. The maximum atomic E-state index is 13.1. The maximum Gasteiger partial charge on any atom is 0.387 e. The van der Waals surface area contributed by atoms with Gasteiger partial charge in [-0.2, -0.15) is 8.78 Å². The van der Waals surface area contributed by atoms with Crippen molar-refractivity contribution < 1.29 is 37.0 Å². The lowest BCUT2D eigenvalue weighted by Gasteiger charge is -2.12. The second-order valence-corrected chi connectivity index (χ2v) is 5.55. The number of esters is 1. The Bertz CT molecular complexity index is 829. The van der Waals surface area contributed by atoms with Crippen LogP contribution in [0, 0.1) is 5.82 Å². The van der Waals surface area contributed by atoms with Gasteiger partial charge in [0.15, 0.2) is 18.1 Å². The fourth-order valence-corrected chi connectivity index (χ4v) is 2.29. The third-order valence-corrected chi connectivity index (χ3v) is 3.57. The standard InChI is InChI=1S/C19H18F3NO5/c1-26-16-9-12(5-6-15(16)28-19(21)22)7-8-23-17(24)11-27-18(25)13-3-2-4-14(20)10-13/h2-6,9-10,19H,7-8,11H2,1H3,(H,23,24). The van der Waals surface area contributed by atoms with Crippen molar-refractivity contribution in [3.63, 3.8) is 0 Å². The number of methoxy groups -OCH3 is 1. The summed E-state index contributed by atoms with van der Waals surface area (Å²) in [5, 5.41) is 2.55. The summed E-state index contributed by atoms with van der Waals surface area (Å²) in [5.74, 6) is -1.87. The van der Waals surface area contributed by atoms with E-state index in [2.05, 4.69) is 10.1 Å². The van der Waals surface area contributed by atoms with E-state index >= 15 is 0 Å². The fraction of sp³-hybridized carbons (Fsp3) is 0.263. The van der Waals surface area contributed by atoms with Crippen LogP contribution in [0.15, 0.2) is 42.5 Å². The summed E-state index contributed by atoms with van der Waals surface area (Å²) >= 11 is 0. The lowest BCUT2D eigenvalue weighted by atomic mass is 10.1. The smallest absolute Gasteiger partial charge is 0.387 e. The van der Waals surface area contributed by atoms with Crippen LogP contribution in [0.4, 0.5) is 13.2 Å². The molecule has 0 fully saturated rings. The number of halogens is 3. The summed E-state index contributed by atoms with van der Waals surface area (Å²) in [6, 6.07) is 9.36. The molecule has 2 aromatic rings. The average Bonchev–Trinajstić information content (AvgIpc) is 2.66. The maximum absolute atomic E-state index is 13.1. The molecule has 0 saturated carbocycles. The van der Waals surface area contributed by atoms with Crippen molar-refractivity contribution in [2.75, 3.05) is 20.3 Å². The largest absolute Gasteiger partial charge is 0.493 e. The molecule has 0 aliphatic carbocycles. The van der Waals surface area contributed by atoms with Gasteiger partial charge in [0.25, 0.3) is 5.91 Å². The summed E-state index contributed by atoms with van der Waals surface area (Å²) < 4.78 is 51.8. The second-order valence-electron chi connectivity index (χ2n) is 5.55. The van der Waals surface area contributed by atoms with Crippen molar-refractivity contribution in [1.82, 2.24) is 5.32 Å². The molecule has 0 aliphatic heterocycles. The van der Waals surface area contributed by atoms with Crippen LogP contribution < -0.4 is 14.8 Å². The van der Waals surface area contributed by atoms with E-state index in [1.165, 1.54) is 37.4 Å². The highest BCUT2D eigenvalue weighted by molar-refractivity contribution is 5.91. The summed E-state index contributed by atoms with van der Waals surface area (Å²) in [7, 11) is 1.33. The summed E-state index contributed by atoms with van der Waals surface area (Å²) in [5.41, 5.74) is 0.724. The van der Waals surface area contributed by atoms with Crippen LogP contribution in [0.2, 0.25) is 0 Å². The molecular weight excluding hydrogens is 379 g/mol. The summed E-state index contributed by atoms with van der Waals surface area (Å²) in [4.78, 5) is 23.5. The van der Waals surface area contributed by atoms with Crippen LogP contribution in [-0.4, -0.2) is 38.7 Å². The quantitative estimate of drug-likeness (QED) is 0.659. The molecule has 0 saturated heterocycles. The number of rotatable bonds is 9. The first-order valence-electron chi connectivity index (χ1n) is 8.20. The molecule has 2 aromatic carbocycles. The molecule has 1 amide bonds. The number of alkyl halides is 2. The van der Waals surface area contributed by atoms with Crippen molar-refractivity contribution in [2.24, 2.45) is 0 Å². The highest BCUT2D eigenvalue weighted by atomic mass is 19.3. The Morgan fingerprint density at radius 3 is 2.57 bits per heavy atom. The van der Waals surface area contributed by atoms with E-state index in [4.69, 9.17) is 9.47 Å². The Balaban J connectivity index is 1.78. The molecule has 0 bridgehead atoms. The number of carbonyl (C=O) groups excluding carboxylic acids is 2. The van der Waals surface area contributed by atoms with Gasteiger partial charge in [0.2, 0.25) is 0 Å². The Labute approximate surface area is 159 Å². The van der Waals surface area contributed by atoms with Crippen LogP contribution in [0.25, 0.3) is 0 Å². The first kappa shape index (κ1) is 21.1. The third kappa shape index (κ3) is 6.49. The lowest BCUT2D eigenvalue weighted by Crippen LogP contribution is -2.30. The van der Waals surface area contributed by atoms with Gasteiger partial charge in [0.05, 0.1) is 12.7 Å². The molecule has 28 heavy (non-hydrogen) atoms. The molecule has 9 heteroatoms. The van der Waals surface area contributed by atoms with Gasteiger partial charge in [0.1, 0.15) is 5.82 Å². The van der Waals surface area contributed by atoms with Crippen LogP contribution in [-0.2, 0) is 16.0 Å². The molecule has 0 heterocycles. The summed E-state index contributed by atoms with van der Waals surface area (Å²) in [6.07, 6.45) is 0.384. The highest BCUT2D eigenvalue weighted by Gasteiger charge is 2.12. The lowest BCUT2D eigenvalue weighted by molar-refractivity contribution is -0.124. The van der Waals surface area contributed by atoms with E-state index in [0.717, 1.165) is 11.6 Å². The minimum Gasteiger partial charge on any atom is -0.493 e. The molecule has 0 spiro atoms. The Kier molecular flexibility index (Phi) is 7.67. The van der Waals surface area contributed by atoms with E-state index < -0.39 is 30.9 Å². The monoisotopic (exact) mass is 397 g/mol. The molecule has 0 unspecified atom stereocenters. The van der Waals surface area contributed by atoms with E-state index in [9.17, 15) is 22.8 Å². The van der Waals surface area contributed by atoms with Gasteiger partial charge in [-0.3, -0.25) is 4.79 Å². The number of hydrogen-bond acceptors (Lipinski definition) is 5. The Morgan fingerprint density at radius 1 is 1.11 bits per heavy atom. The van der Waals surface area contributed by atoms with Gasteiger partial charge >= 0.3 is 12.6 Å². The molecule has 1 N–H and O–H groups in total. The fourth-order valence-electron chi connectivity index (χ4n) is 2.29. The normalized spacial score (nSPS) is 10.5. The van der Waals surface area contributed by atoms with Crippen LogP contribution in [0.1, 0.15) is 15.9 Å². The highest BCUT2D eigenvalue weighted by Crippen LogP contribution is 2.29. The van der Waals surface area contributed by atoms with Gasteiger partial charge in [-0.25, -0.2) is 9.18 Å². The van der Waals surface area contributed by atoms with Gasteiger partial charge in [-0.05, 0) is 42.3 Å². The van der Waals surface area contributed by atoms with Gasteiger partial charge in [-0.1, -0.05) is 12.1 Å². The average molecular weight is 397 g/mol. The minimum absolute atomic E-state index is 0.00556. The van der Waals surface area contributed by atoms with E-state index in [0.29, 0.717) is 6.42 Å². The van der Waals surface area contributed by atoms with Crippen molar-refractivity contribution in [1.29, 1.82) is 0 Å². The number of benzene rings is 2. The number of hydrogen-bond donors (Lipinski definition) is 1. The number of ether oxygens (including phenoxy) is 3. The molecule has 6 nitrogen and oxygen atoms in total. The molecule has 0 aliphatic rings. The van der Waals surface area contributed by atoms with Crippen molar-refractivity contribution in [3.8, 4) is 11.5 Å². The molecule has 0 aromatic heterocycles. The van der Waals surface area contributed by atoms with Crippen molar-refractivity contribution in [3.05, 3.63) is 59.4 Å². The van der Waals surface area contributed by atoms with Gasteiger partial charge in [-0.15, -0.1) is 0 Å². The first-order chi connectivity index (χ1) is 13.4. The number of carbonyl (C=O) groups is 2. The molecule has 0 radical (unpaired) electrons. The van der Waals surface area contributed by atoms with E-state index in [-0.39, 0.29) is 23.6 Å². The second kappa shape index (κ2) is 10.2. The zero-order valence-corrected chi connectivity index (χ0v) is 14.9. The molecular formula is C19H18F3NO5. The van der Waals surface area contributed by atoms with Crippen LogP contribution in [0.5, 0.6) is 11.5 Å². The predicted octanol–water partition coefficient (Wildman–Crippen LogP) is 2.95. The first-order valence-corrected chi connectivity index (χ1v) is 8.20. The van der Waals surface area contributed by atoms with Crippen LogP contribution >= 0.6 is 0 Å². The summed E-state index contributed by atoms with van der Waals surface area (Å²) in [6.45, 7) is -3.26. The Hall–Kier alpha value is -3.23. The zero-order valence-electron chi connectivity index (χ0n) is 14.9. The van der Waals surface area contributed by atoms with Crippen molar-refractivity contribution in [2.45, 2.75) is 13.0 Å².